The van der Waals surface area contributed by atoms with Gasteiger partial charge in [0, 0.05) is 23.8 Å². The van der Waals surface area contributed by atoms with Gasteiger partial charge in [-0.25, -0.2) is 0 Å². The zero-order chi connectivity index (χ0) is 13.4. The highest BCUT2D eigenvalue weighted by molar-refractivity contribution is 9.10. The average molecular weight is 325 g/mol. The molecule has 4 heteroatoms. The maximum atomic E-state index is 6.18. The predicted octanol–water partition coefficient (Wildman–Crippen LogP) is 3.31. The molecule has 2 aliphatic rings. The van der Waals surface area contributed by atoms with Gasteiger partial charge in [0.1, 0.15) is 5.75 Å². The van der Waals surface area contributed by atoms with Gasteiger partial charge in [0.25, 0.3) is 0 Å². The molecule has 0 aliphatic carbocycles. The van der Waals surface area contributed by atoms with Gasteiger partial charge in [0.05, 0.1) is 11.6 Å². The van der Waals surface area contributed by atoms with Crippen LogP contribution >= 0.6 is 15.9 Å². The minimum atomic E-state index is 0.383. The zero-order valence-corrected chi connectivity index (χ0v) is 12.9. The fourth-order valence-corrected chi connectivity index (χ4v) is 4.19. The van der Waals surface area contributed by atoms with E-state index in [0.717, 1.165) is 23.1 Å². The molecule has 2 unspecified atom stereocenters. The van der Waals surface area contributed by atoms with Crippen LogP contribution in [0.4, 0.5) is 5.69 Å². The van der Waals surface area contributed by atoms with E-state index in [4.69, 9.17) is 10.5 Å². The molecule has 2 heterocycles. The van der Waals surface area contributed by atoms with Crippen LogP contribution in [-0.2, 0) is 0 Å². The number of fused-ring (bicyclic) bond motifs is 2. The minimum Gasteiger partial charge on any atom is -0.496 e. The van der Waals surface area contributed by atoms with E-state index in [-0.39, 0.29) is 0 Å². The van der Waals surface area contributed by atoms with E-state index in [1.54, 1.807) is 7.11 Å². The van der Waals surface area contributed by atoms with Crippen LogP contribution in [0.1, 0.15) is 32.1 Å². The van der Waals surface area contributed by atoms with E-state index in [1.165, 1.54) is 24.9 Å². The van der Waals surface area contributed by atoms with Crippen molar-refractivity contribution in [2.75, 3.05) is 12.0 Å². The van der Waals surface area contributed by atoms with Gasteiger partial charge in [0.2, 0.25) is 0 Å². The molecule has 2 atom stereocenters. The predicted molar refractivity (Wildman–Crippen MR) is 81.8 cm³/mol. The number of nitrogens with zero attached hydrogens (tertiary/aromatic N) is 1. The van der Waals surface area contributed by atoms with E-state index in [1.807, 2.05) is 6.07 Å². The summed E-state index contributed by atoms with van der Waals surface area (Å²) in [5.74, 6) is 0.891. The molecule has 2 fully saturated rings. The van der Waals surface area contributed by atoms with Crippen LogP contribution in [0.15, 0.2) is 22.7 Å². The van der Waals surface area contributed by atoms with Crippen molar-refractivity contribution in [2.24, 2.45) is 5.73 Å². The van der Waals surface area contributed by atoms with Crippen molar-refractivity contribution in [1.82, 2.24) is 0 Å². The summed E-state index contributed by atoms with van der Waals surface area (Å²) in [6, 6.07) is 8.01. The number of hydrogen-bond donors (Lipinski definition) is 1. The highest BCUT2D eigenvalue weighted by atomic mass is 79.9. The van der Waals surface area contributed by atoms with Crippen molar-refractivity contribution in [3.63, 3.8) is 0 Å². The third kappa shape index (κ3) is 2.48. The Bertz CT molecular complexity index is 451. The molecule has 0 radical (unpaired) electrons. The first kappa shape index (κ1) is 13.3. The third-order valence-electron chi connectivity index (χ3n) is 4.44. The smallest absolute Gasteiger partial charge is 0.133 e. The van der Waals surface area contributed by atoms with Crippen molar-refractivity contribution < 1.29 is 4.74 Å². The summed E-state index contributed by atoms with van der Waals surface area (Å²) >= 11 is 3.59. The summed E-state index contributed by atoms with van der Waals surface area (Å²) in [5.41, 5.74) is 7.49. The Morgan fingerprint density at radius 2 is 1.95 bits per heavy atom. The molecule has 2 saturated heterocycles. The molecular weight excluding hydrogens is 304 g/mol. The van der Waals surface area contributed by atoms with Crippen LogP contribution in [-0.4, -0.2) is 25.2 Å². The summed E-state index contributed by atoms with van der Waals surface area (Å²) in [4.78, 5) is 2.59. The SMILES string of the molecule is COc1ccc(N2C3CCCC2CC(N)C3)cc1Br. The van der Waals surface area contributed by atoms with E-state index in [9.17, 15) is 0 Å². The molecule has 19 heavy (non-hydrogen) atoms. The fourth-order valence-electron chi connectivity index (χ4n) is 3.66. The molecule has 1 aromatic rings. The third-order valence-corrected chi connectivity index (χ3v) is 5.06. The van der Waals surface area contributed by atoms with E-state index in [2.05, 4.69) is 33.0 Å². The van der Waals surface area contributed by atoms with Crippen LogP contribution in [0.25, 0.3) is 0 Å². The second-order valence-corrected chi connectivity index (χ2v) is 6.55. The largest absolute Gasteiger partial charge is 0.496 e. The zero-order valence-electron chi connectivity index (χ0n) is 11.3. The molecule has 2 N–H and O–H groups in total. The number of benzene rings is 1. The fraction of sp³-hybridized carbons (Fsp3) is 0.600. The Balaban J connectivity index is 1.90. The molecule has 2 aliphatic heterocycles. The first-order valence-corrected chi connectivity index (χ1v) is 7.86. The molecule has 0 aromatic heterocycles. The average Bonchev–Trinajstić information content (AvgIpc) is 2.37. The molecule has 0 amide bonds. The van der Waals surface area contributed by atoms with Crippen LogP contribution in [0, 0.1) is 0 Å². The number of hydrogen-bond acceptors (Lipinski definition) is 3. The summed E-state index contributed by atoms with van der Waals surface area (Å²) in [7, 11) is 1.70. The highest BCUT2D eigenvalue weighted by Gasteiger charge is 2.37. The Hall–Kier alpha value is -0.740. The summed E-state index contributed by atoms with van der Waals surface area (Å²) in [6.07, 6.45) is 6.14. The lowest BCUT2D eigenvalue weighted by molar-refractivity contribution is 0.271. The number of rotatable bonds is 2. The Morgan fingerprint density at radius 3 is 2.53 bits per heavy atom. The first-order chi connectivity index (χ1) is 9.19. The van der Waals surface area contributed by atoms with E-state index in [0.29, 0.717) is 18.1 Å². The van der Waals surface area contributed by atoms with Gasteiger partial charge >= 0.3 is 0 Å². The normalized spacial score (nSPS) is 30.3. The van der Waals surface area contributed by atoms with Crippen LogP contribution in [0.2, 0.25) is 0 Å². The highest BCUT2D eigenvalue weighted by Crippen LogP contribution is 2.39. The van der Waals surface area contributed by atoms with Gasteiger partial charge in [-0.1, -0.05) is 0 Å². The lowest BCUT2D eigenvalue weighted by Gasteiger charge is -2.49. The molecule has 0 saturated carbocycles. The maximum absolute atomic E-state index is 6.18. The van der Waals surface area contributed by atoms with E-state index >= 15 is 0 Å². The van der Waals surface area contributed by atoms with E-state index < -0.39 is 0 Å². The lowest BCUT2D eigenvalue weighted by atomic mass is 9.81. The molecule has 1 aromatic carbocycles. The minimum absolute atomic E-state index is 0.383. The second-order valence-electron chi connectivity index (χ2n) is 5.70. The van der Waals surface area contributed by atoms with Gasteiger partial charge < -0.3 is 15.4 Å². The molecule has 0 spiro atoms. The summed E-state index contributed by atoms with van der Waals surface area (Å²) < 4.78 is 6.34. The summed E-state index contributed by atoms with van der Waals surface area (Å²) in [5, 5.41) is 0. The second kappa shape index (κ2) is 5.33. The Labute approximate surface area is 123 Å². The number of methoxy groups -OCH3 is 1. The van der Waals surface area contributed by atoms with Crippen molar-refractivity contribution in [1.29, 1.82) is 0 Å². The van der Waals surface area contributed by atoms with Crippen molar-refractivity contribution in [2.45, 2.75) is 50.2 Å². The summed E-state index contributed by atoms with van der Waals surface area (Å²) in [6.45, 7) is 0. The van der Waals surface area contributed by atoms with Crippen molar-refractivity contribution >= 4 is 21.6 Å². The Kier molecular flexibility index (Phi) is 3.72. The molecule has 3 rings (SSSR count). The monoisotopic (exact) mass is 324 g/mol. The topological polar surface area (TPSA) is 38.5 Å². The van der Waals surface area contributed by atoms with Gasteiger partial charge in [-0.15, -0.1) is 0 Å². The van der Waals surface area contributed by atoms with Crippen LogP contribution in [0.3, 0.4) is 0 Å². The number of anilines is 1. The molecule has 3 nitrogen and oxygen atoms in total. The van der Waals surface area contributed by atoms with Crippen molar-refractivity contribution in [3.8, 4) is 5.75 Å². The Morgan fingerprint density at radius 1 is 1.26 bits per heavy atom. The molecule has 2 bridgehead atoms. The standard InChI is InChI=1S/C15H21BrN2O/c1-19-15-6-5-13(9-14(15)16)18-11-3-2-4-12(18)8-10(17)7-11/h5-6,9-12H,2-4,7-8,17H2,1H3. The van der Waals surface area contributed by atoms with Crippen LogP contribution < -0.4 is 15.4 Å². The first-order valence-electron chi connectivity index (χ1n) is 7.06. The number of halogens is 1. The van der Waals surface area contributed by atoms with Gasteiger partial charge in [-0.3, -0.25) is 0 Å². The number of ether oxygens (including phenoxy) is 1. The molecule has 104 valence electrons. The molecular formula is C15H21BrN2O. The number of nitrogens with two attached hydrogens (primary N) is 1. The maximum Gasteiger partial charge on any atom is 0.133 e. The van der Waals surface area contributed by atoms with Gasteiger partial charge in [-0.05, 0) is 66.2 Å². The van der Waals surface area contributed by atoms with Crippen molar-refractivity contribution in [3.05, 3.63) is 22.7 Å². The van der Waals surface area contributed by atoms with Gasteiger partial charge in [-0.2, -0.15) is 0 Å². The quantitative estimate of drug-likeness (QED) is 0.907. The van der Waals surface area contributed by atoms with Gasteiger partial charge in [0.15, 0.2) is 0 Å². The van der Waals surface area contributed by atoms with Crippen LogP contribution in [0.5, 0.6) is 5.75 Å². The number of piperidine rings is 2. The lowest BCUT2D eigenvalue weighted by Crippen LogP contribution is -2.55.